The average molecular weight is 471 g/mol. The third kappa shape index (κ3) is 8.82. The van der Waals surface area contributed by atoms with Gasteiger partial charge in [-0.05, 0) is 48.5 Å². The molecule has 0 fully saturated rings. The molecule has 6 nitrogen and oxygen atoms in total. The fraction of sp³-hybridized carbons (Fsp3) is 0. The van der Waals surface area contributed by atoms with Crippen molar-refractivity contribution in [2.45, 2.75) is 9.79 Å². The maximum atomic E-state index is 10.3. The molecule has 0 amide bonds. The summed E-state index contributed by atoms with van der Waals surface area (Å²) in [6.07, 6.45) is 0. The van der Waals surface area contributed by atoms with E-state index >= 15 is 0 Å². The number of benzene rings is 2. The van der Waals surface area contributed by atoms with Crippen LogP contribution >= 0.6 is 23.2 Å². The first-order valence-electron chi connectivity index (χ1n) is 5.43. The summed E-state index contributed by atoms with van der Waals surface area (Å²) in [7, 11) is -8.66. The third-order valence-corrected chi connectivity index (χ3v) is 4.41. The van der Waals surface area contributed by atoms with E-state index in [0.29, 0.717) is 10.0 Å². The van der Waals surface area contributed by atoms with Gasteiger partial charge in [0.1, 0.15) is 20.2 Å². The van der Waals surface area contributed by atoms with Crippen molar-refractivity contribution in [2.24, 2.45) is 0 Å². The minimum absolute atomic E-state index is 0. The van der Waals surface area contributed by atoms with Crippen LogP contribution in [0.25, 0.3) is 0 Å². The number of hydrogen-bond donors (Lipinski definition) is 0. The minimum atomic E-state index is -4.33. The smallest absolute Gasteiger partial charge is 0.744 e. The molecule has 2 rings (SSSR count). The summed E-state index contributed by atoms with van der Waals surface area (Å²) >= 11 is 10.9. The van der Waals surface area contributed by atoms with E-state index in [-0.39, 0.29) is 55.3 Å². The fourth-order valence-corrected chi connectivity index (χ4v) is 2.39. The zero-order valence-corrected chi connectivity index (χ0v) is 18.0. The van der Waals surface area contributed by atoms with Crippen molar-refractivity contribution in [1.29, 1.82) is 0 Å². The second-order valence-corrected chi connectivity index (χ2v) is 7.45. The fourth-order valence-electron chi connectivity index (χ4n) is 1.20. The average Bonchev–Trinajstić information content (AvgIpc) is 2.38. The van der Waals surface area contributed by atoms with Gasteiger partial charge < -0.3 is 9.11 Å². The molecule has 0 bridgehead atoms. The Bertz CT molecular complexity index is 761. The van der Waals surface area contributed by atoms with Crippen LogP contribution in [0, 0.1) is 0 Å². The van der Waals surface area contributed by atoms with Gasteiger partial charge in [0, 0.05) is 10.0 Å². The van der Waals surface area contributed by atoms with Gasteiger partial charge in [-0.2, -0.15) is 0 Å². The van der Waals surface area contributed by atoms with Crippen molar-refractivity contribution in [1.82, 2.24) is 0 Å². The summed E-state index contributed by atoms with van der Waals surface area (Å²) in [6, 6.07) is 10.1. The molecule has 0 saturated heterocycles. The number of halogens is 2. The van der Waals surface area contributed by atoms with Crippen LogP contribution in [0.5, 0.6) is 0 Å². The van der Waals surface area contributed by atoms with Crippen molar-refractivity contribution in [3.63, 3.8) is 0 Å². The minimum Gasteiger partial charge on any atom is -0.744 e. The first-order chi connectivity index (χ1) is 10.00. The van der Waals surface area contributed by atoms with E-state index in [1.54, 1.807) is 0 Å². The van der Waals surface area contributed by atoms with Crippen LogP contribution in [0.4, 0.5) is 0 Å². The van der Waals surface area contributed by atoms with Crippen molar-refractivity contribution in [2.75, 3.05) is 0 Å². The Morgan fingerprint density at radius 1 is 0.609 bits per heavy atom. The monoisotopic (exact) mass is 470 g/mol. The molecular formula is C12H8Cl2O6S2Sr. The van der Waals surface area contributed by atoms with E-state index in [1.807, 2.05) is 0 Å². The Morgan fingerprint density at radius 2 is 0.826 bits per heavy atom. The quantitative estimate of drug-likeness (QED) is 0.490. The molecule has 11 heteroatoms. The van der Waals surface area contributed by atoms with Gasteiger partial charge in [-0.25, -0.2) is 16.8 Å². The molecule has 120 valence electrons. The maximum Gasteiger partial charge on any atom is 2.00 e. The zero-order chi connectivity index (χ0) is 17.0. The van der Waals surface area contributed by atoms with Crippen LogP contribution < -0.4 is 0 Å². The van der Waals surface area contributed by atoms with Crippen LogP contribution in [-0.4, -0.2) is 71.4 Å². The summed E-state index contributed by atoms with van der Waals surface area (Å²) in [5, 5.41) is 0.801. The van der Waals surface area contributed by atoms with Crippen LogP contribution in [-0.2, 0) is 20.2 Å². The van der Waals surface area contributed by atoms with E-state index in [2.05, 4.69) is 0 Å². The van der Waals surface area contributed by atoms with Crippen molar-refractivity contribution >= 4 is 88.9 Å². The van der Waals surface area contributed by atoms with Gasteiger partial charge in [0.2, 0.25) is 0 Å². The molecule has 0 atom stereocenters. The number of rotatable bonds is 2. The van der Waals surface area contributed by atoms with E-state index in [1.165, 1.54) is 48.5 Å². The predicted octanol–water partition coefficient (Wildman–Crippen LogP) is 2.11. The molecule has 2 aromatic carbocycles. The Kier molecular flexibility index (Phi) is 9.85. The summed E-state index contributed by atoms with van der Waals surface area (Å²) < 4.78 is 62.1. The van der Waals surface area contributed by atoms with E-state index in [0.717, 1.165) is 0 Å². The maximum absolute atomic E-state index is 10.3. The SMILES string of the molecule is O=S(=O)([O-])c1ccc(Cl)cc1.O=S(=O)([O-])c1ccc(Cl)cc1.[Sr+2]. The van der Waals surface area contributed by atoms with E-state index < -0.39 is 20.2 Å². The van der Waals surface area contributed by atoms with Gasteiger partial charge in [-0.3, -0.25) is 0 Å². The molecular weight excluding hydrogens is 463 g/mol. The second-order valence-electron chi connectivity index (χ2n) is 3.82. The summed E-state index contributed by atoms with van der Waals surface area (Å²) in [5.41, 5.74) is 0. The summed E-state index contributed by atoms with van der Waals surface area (Å²) in [5.74, 6) is 0. The Balaban J connectivity index is 0.000000403. The van der Waals surface area contributed by atoms with Crippen LogP contribution in [0.1, 0.15) is 0 Å². The molecule has 0 aromatic heterocycles. The molecule has 23 heavy (non-hydrogen) atoms. The molecule has 0 aliphatic rings. The molecule has 0 aliphatic carbocycles. The molecule has 0 unspecified atom stereocenters. The Hall–Kier alpha value is 0.321. The normalized spacial score (nSPS) is 11.0. The Labute approximate surface area is 181 Å². The van der Waals surface area contributed by atoms with E-state index in [9.17, 15) is 25.9 Å². The molecule has 0 spiro atoms. The van der Waals surface area contributed by atoms with Gasteiger partial charge in [-0.15, -0.1) is 0 Å². The van der Waals surface area contributed by atoms with Crippen LogP contribution in [0.15, 0.2) is 58.3 Å². The largest absolute Gasteiger partial charge is 2.00 e. The first kappa shape index (κ1) is 23.3. The van der Waals surface area contributed by atoms with Crippen molar-refractivity contribution < 1.29 is 25.9 Å². The Morgan fingerprint density at radius 3 is 1.00 bits per heavy atom. The standard InChI is InChI=1S/2C6H5ClO3S.Sr/c2*7-5-1-3-6(4-2-5)11(8,9)10;/h2*1-4H,(H,8,9,10);/q;;+2/p-2. The molecule has 0 heterocycles. The predicted molar refractivity (Wildman–Crippen MR) is 84.6 cm³/mol. The van der Waals surface area contributed by atoms with Gasteiger partial charge in [0.25, 0.3) is 0 Å². The summed E-state index contributed by atoms with van der Waals surface area (Å²) in [4.78, 5) is -0.524. The van der Waals surface area contributed by atoms with Crippen LogP contribution in [0.3, 0.4) is 0 Å². The third-order valence-electron chi connectivity index (χ3n) is 2.20. The first-order valence-corrected chi connectivity index (χ1v) is 9.00. The second kappa shape index (κ2) is 9.71. The molecule has 0 N–H and O–H groups in total. The van der Waals surface area contributed by atoms with Crippen molar-refractivity contribution in [3.05, 3.63) is 58.6 Å². The summed E-state index contributed by atoms with van der Waals surface area (Å²) in [6.45, 7) is 0. The molecule has 0 radical (unpaired) electrons. The molecule has 0 aliphatic heterocycles. The van der Waals surface area contributed by atoms with Gasteiger partial charge in [-0.1, -0.05) is 23.2 Å². The topological polar surface area (TPSA) is 114 Å². The van der Waals surface area contributed by atoms with Gasteiger partial charge >= 0.3 is 45.5 Å². The zero-order valence-electron chi connectivity index (χ0n) is 11.3. The molecule has 2 aromatic rings. The van der Waals surface area contributed by atoms with Crippen molar-refractivity contribution in [3.8, 4) is 0 Å². The number of hydrogen-bond acceptors (Lipinski definition) is 6. The molecule has 0 saturated carbocycles. The van der Waals surface area contributed by atoms with E-state index in [4.69, 9.17) is 23.2 Å². The van der Waals surface area contributed by atoms with Crippen LogP contribution in [0.2, 0.25) is 10.0 Å². The van der Waals surface area contributed by atoms with Gasteiger partial charge in [0.05, 0.1) is 9.79 Å². The van der Waals surface area contributed by atoms with Gasteiger partial charge in [0.15, 0.2) is 0 Å².